The minimum Gasteiger partial charge on any atom is -0.451 e. The van der Waals surface area contributed by atoms with Gasteiger partial charge in [0.25, 0.3) is 5.91 Å². The lowest BCUT2D eigenvalue weighted by Gasteiger charge is -2.14. The maximum absolute atomic E-state index is 12.2. The molecule has 1 saturated heterocycles. The number of ether oxygens (including phenoxy) is 1. The van der Waals surface area contributed by atoms with E-state index < -0.39 is 24.4 Å². The number of imide groups is 1. The van der Waals surface area contributed by atoms with E-state index in [9.17, 15) is 19.2 Å². The summed E-state index contributed by atoms with van der Waals surface area (Å²) >= 11 is 2.92. The van der Waals surface area contributed by atoms with E-state index in [0.29, 0.717) is 24.3 Å². The average molecular weight is 416 g/mol. The number of amides is 3. The predicted octanol–water partition coefficient (Wildman–Crippen LogP) is 2.54. The third kappa shape index (κ3) is 3.76. The molecule has 0 radical (unpaired) electrons. The van der Waals surface area contributed by atoms with Crippen LogP contribution in [-0.4, -0.2) is 48.3 Å². The largest absolute Gasteiger partial charge is 0.451 e. The van der Waals surface area contributed by atoms with E-state index in [2.05, 4.69) is 5.32 Å². The molecule has 1 aliphatic heterocycles. The number of hydrogen-bond donors (Lipinski definition) is 1. The maximum atomic E-state index is 12.2. The fourth-order valence-corrected chi connectivity index (χ4v) is 5.50. The summed E-state index contributed by atoms with van der Waals surface area (Å²) < 4.78 is 8.18. The standard InChI is InChI=1S/C19H16N2O5S2/c22-15(9-21-7-3-6-17(21)24)20-16(23)10-26-19(25)14-8-13-18(28-14)11-4-1-2-5-12(11)27-13/h1-2,4-5,8H,3,6-7,9-10H2,(H,20,22,23). The van der Waals surface area contributed by atoms with Gasteiger partial charge in [-0.05, 0) is 18.6 Å². The number of benzene rings is 1. The second-order valence-corrected chi connectivity index (χ2v) is 8.50. The second-order valence-electron chi connectivity index (χ2n) is 6.37. The minimum absolute atomic E-state index is 0.0979. The Labute approximate surface area is 167 Å². The van der Waals surface area contributed by atoms with Crippen LogP contribution < -0.4 is 5.32 Å². The van der Waals surface area contributed by atoms with Gasteiger partial charge in [-0.1, -0.05) is 18.2 Å². The van der Waals surface area contributed by atoms with Crippen LogP contribution in [0.4, 0.5) is 0 Å². The molecule has 0 saturated carbocycles. The van der Waals surface area contributed by atoms with E-state index in [1.807, 2.05) is 24.3 Å². The Balaban J connectivity index is 1.32. The highest BCUT2D eigenvalue weighted by Gasteiger charge is 2.23. The molecule has 3 aromatic rings. The zero-order valence-electron chi connectivity index (χ0n) is 14.7. The number of hydrogen-bond acceptors (Lipinski definition) is 7. The number of nitrogens with zero attached hydrogens (tertiary/aromatic N) is 1. The number of likely N-dealkylation sites (tertiary alicyclic amines) is 1. The third-order valence-electron chi connectivity index (χ3n) is 4.37. The molecule has 1 aliphatic rings. The number of fused-ring (bicyclic) bond motifs is 3. The molecule has 1 fully saturated rings. The Morgan fingerprint density at radius 2 is 1.93 bits per heavy atom. The molecule has 1 N–H and O–H groups in total. The second kappa shape index (κ2) is 7.69. The van der Waals surface area contributed by atoms with Crippen LogP contribution in [0.3, 0.4) is 0 Å². The molecule has 2 aromatic heterocycles. The molecule has 7 nitrogen and oxygen atoms in total. The van der Waals surface area contributed by atoms with Crippen molar-refractivity contribution in [1.29, 1.82) is 0 Å². The van der Waals surface area contributed by atoms with Crippen molar-refractivity contribution in [2.45, 2.75) is 12.8 Å². The Kier molecular flexibility index (Phi) is 5.10. The summed E-state index contributed by atoms with van der Waals surface area (Å²) in [6.07, 6.45) is 1.14. The molecule has 4 rings (SSSR count). The summed E-state index contributed by atoms with van der Waals surface area (Å²) in [5.74, 6) is -2.00. The van der Waals surface area contributed by atoms with E-state index in [1.165, 1.54) is 16.2 Å². The van der Waals surface area contributed by atoms with Gasteiger partial charge in [0.2, 0.25) is 11.8 Å². The molecule has 9 heteroatoms. The molecule has 0 aliphatic carbocycles. The van der Waals surface area contributed by atoms with Gasteiger partial charge in [-0.25, -0.2) is 4.79 Å². The van der Waals surface area contributed by atoms with Crippen molar-refractivity contribution in [2.24, 2.45) is 0 Å². The number of esters is 1. The van der Waals surface area contributed by atoms with Gasteiger partial charge in [0, 0.05) is 27.8 Å². The fraction of sp³-hybridized carbons (Fsp3) is 0.263. The Morgan fingerprint density at radius 3 is 2.71 bits per heavy atom. The number of rotatable bonds is 5. The Hall–Kier alpha value is -2.78. The summed E-state index contributed by atoms with van der Waals surface area (Å²) in [7, 11) is 0. The summed E-state index contributed by atoms with van der Waals surface area (Å²) in [6.45, 7) is -0.197. The molecule has 0 spiro atoms. The van der Waals surface area contributed by atoms with E-state index in [1.54, 1.807) is 17.4 Å². The number of carbonyl (C=O) groups excluding carboxylic acids is 4. The summed E-state index contributed by atoms with van der Waals surface area (Å²) in [6, 6.07) is 9.71. The third-order valence-corrected chi connectivity index (χ3v) is 6.77. The van der Waals surface area contributed by atoms with Crippen molar-refractivity contribution in [3.8, 4) is 0 Å². The van der Waals surface area contributed by atoms with Crippen LogP contribution in [0.2, 0.25) is 0 Å². The van der Waals surface area contributed by atoms with Crippen molar-refractivity contribution >= 4 is 65.9 Å². The average Bonchev–Trinajstić information content (AvgIpc) is 3.34. The first-order valence-electron chi connectivity index (χ1n) is 8.70. The van der Waals surface area contributed by atoms with Crippen LogP contribution in [0, 0.1) is 0 Å². The van der Waals surface area contributed by atoms with Gasteiger partial charge in [0.1, 0.15) is 4.88 Å². The van der Waals surface area contributed by atoms with Gasteiger partial charge in [-0.2, -0.15) is 0 Å². The lowest BCUT2D eigenvalue weighted by Crippen LogP contribution is -2.42. The van der Waals surface area contributed by atoms with Crippen LogP contribution >= 0.6 is 22.7 Å². The Bertz CT molecular complexity index is 1100. The molecule has 28 heavy (non-hydrogen) atoms. The first-order chi connectivity index (χ1) is 13.5. The Morgan fingerprint density at radius 1 is 1.11 bits per heavy atom. The normalized spacial score (nSPS) is 14.0. The predicted molar refractivity (Wildman–Crippen MR) is 106 cm³/mol. The molecule has 0 bridgehead atoms. The van der Waals surface area contributed by atoms with E-state index >= 15 is 0 Å². The van der Waals surface area contributed by atoms with Crippen LogP contribution in [0.25, 0.3) is 19.5 Å². The summed E-state index contributed by atoms with van der Waals surface area (Å²) in [4.78, 5) is 49.2. The van der Waals surface area contributed by atoms with Gasteiger partial charge in [-0.15, -0.1) is 22.7 Å². The van der Waals surface area contributed by atoms with Crippen molar-refractivity contribution in [1.82, 2.24) is 10.2 Å². The molecular weight excluding hydrogens is 400 g/mol. The number of carbonyl (C=O) groups is 4. The molecule has 3 heterocycles. The maximum Gasteiger partial charge on any atom is 0.348 e. The molecule has 0 unspecified atom stereocenters. The summed E-state index contributed by atoms with van der Waals surface area (Å²) in [5.41, 5.74) is 0. The van der Waals surface area contributed by atoms with E-state index in [-0.39, 0.29) is 12.5 Å². The highest BCUT2D eigenvalue weighted by molar-refractivity contribution is 7.33. The zero-order chi connectivity index (χ0) is 19.7. The van der Waals surface area contributed by atoms with Gasteiger partial charge in [0.05, 0.1) is 11.2 Å². The molecule has 3 amide bonds. The van der Waals surface area contributed by atoms with Crippen LogP contribution in [0.5, 0.6) is 0 Å². The van der Waals surface area contributed by atoms with Gasteiger partial charge < -0.3 is 9.64 Å². The number of thiophene rings is 2. The molecular formula is C19H16N2O5S2. The topological polar surface area (TPSA) is 92.8 Å². The highest BCUT2D eigenvalue weighted by Crippen LogP contribution is 2.39. The van der Waals surface area contributed by atoms with Crippen molar-refractivity contribution in [2.75, 3.05) is 19.7 Å². The van der Waals surface area contributed by atoms with Crippen LogP contribution in [-0.2, 0) is 19.1 Å². The van der Waals surface area contributed by atoms with Gasteiger partial charge >= 0.3 is 5.97 Å². The first kappa shape index (κ1) is 18.6. The molecule has 0 atom stereocenters. The zero-order valence-corrected chi connectivity index (χ0v) is 16.4. The van der Waals surface area contributed by atoms with E-state index in [4.69, 9.17) is 4.74 Å². The fourth-order valence-electron chi connectivity index (χ4n) is 3.08. The quantitative estimate of drug-likeness (QED) is 0.645. The lowest BCUT2D eigenvalue weighted by molar-refractivity contribution is -0.137. The highest BCUT2D eigenvalue weighted by atomic mass is 32.1. The van der Waals surface area contributed by atoms with Crippen LogP contribution in [0.1, 0.15) is 22.5 Å². The van der Waals surface area contributed by atoms with Gasteiger partial charge in [0.15, 0.2) is 6.61 Å². The van der Waals surface area contributed by atoms with Crippen molar-refractivity contribution in [3.63, 3.8) is 0 Å². The number of nitrogens with one attached hydrogen (secondary N) is 1. The minimum atomic E-state index is -0.714. The lowest BCUT2D eigenvalue weighted by atomic mass is 10.2. The first-order valence-corrected chi connectivity index (χ1v) is 10.3. The van der Waals surface area contributed by atoms with E-state index in [0.717, 1.165) is 19.5 Å². The summed E-state index contributed by atoms with van der Waals surface area (Å²) in [5, 5.41) is 3.23. The van der Waals surface area contributed by atoms with Crippen molar-refractivity contribution < 1.29 is 23.9 Å². The molecule has 1 aromatic carbocycles. The molecule has 144 valence electrons. The smallest absolute Gasteiger partial charge is 0.348 e. The van der Waals surface area contributed by atoms with Gasteiger partial charge in [-0.3, -0.25) is 19.7 Å². The SMILES string of the molecule is O=C(COC(=O)c1cc2sc3ccccc3c2s1)NC(=O)CN1CCCC1=O. The van der Waals surface area contributed by atoms with Crippen LogP contribution in [0.15, 0.2) is 30.3 Å². The monoisotopic (exact) mass is 416 g/mol. The van der Waals surface area contributed by atoms with Crippen molar-refractivity contribution in [3.05, 3.63) is 35.2 Å².